The minimum Gasteiger partial charge on any atom is -0.522 e. The Labute approximate surface area is 105 Å². The first kappa shape index (κ1) is 15.9. The third kappa shape index (κ3) is 6.26. The highest BCUT2D eigenvalue weighted by molar-refractivity contribution is 6.35. The molecule has 0 aromatic rings. The highest BCUT2D eigenvalue weighted by Crippen LogP contribution is 2.22. The van der Waals surface area contributed by atoms with E-state index < -0.39 is 27.3 Å². The van der Waals surface area contributed by atoms with Gasteiger partial charge in [-0.25, -0.2) is 9.59 Å². The van der Waals surface area contributed by atoms with Crippen molar-refractivity contribution in [3.63, 3.8) is 0 Å². The lowest BCUT2D eigenvalue weighted by atomic mass is 10.1. The maximum atomic E-state index is 11.8. The minimum atomic E-state index is -1.26. The fourth-order valence-corrected chi connectivity index (χ4v) is 1.73. The molecule has 0 aromatic heterocycles. The normalized spacial score (nSPS) is 12.6. The van der Waals surface area contributed by atoms with E-state index in [4.69, 9.17) is 9.16 Å². The maximum absolute atomic E-state index is 11.8. The largest absolute Gasteiger partial charge is 0.522 e. The number of esters is 1. The van der Waals surface area contributed by atoms with Crippen LogP contribution in [0.1, 0.15) is 41.5 Å². The van der Waals surface area contributed by atoms with Gasteiger partial charge in [-0.2, -0.15) is 0 Å². The van der Waals surface area contributed by atoms with Gasteiger partial charge in [-0.3, -0.25) is 0 Å². The van der Waals surface area contributed by atoms with Gasteiger partial charge in [0, 0.05) is 5.57 Å². The van der Waals surface area contributed by atoms with Crippen LogP contribution < -0.4 is 0 Å². The van der Waals surface area contributed by atoms with Gasteiger partial charge in [-0.1, -0.05) is 27.4 Å². The smallest absolute Gasteiger partial charge is 0.336 e. The van der Waals surface area contributed by atoms with Crippen molar-refractivity contribution in [2.45, 2.75) is 52.2 Å². The summed E-state index contributed by atoms with van der Waals surface area (Å²) >= 11 is 0. The van der Waals surface area contributed by atoms with Gasteiger partial charge in [-0.15, -0.1) is 0 Å². The summed E-state index contributed by atoms with van der Waals surface area (Å²) in [5, 5.41) is 0.0180. The van der Waals surface area contributed by atoms with Crippen LogP contribution in [0.15, 0.2) is 12.2 Å². The van der Waals surface area contributed by atoms with E-state index in [1.165, 1.54) is 20.8 Å². The molecule has 0 unspecified atom stereocenters. The molecule has 0 rings (SSSR count). The highest BCUT2D eigenvalue weighted by atomic mass is 28.2. The third-order valence-corrected chi connectivity index (χ3v) is 3.10. The van der Waals surface area contributed by atoms with Gasteiger partial charge < -0.3 is 9.16 Å². The Hall–Kier alpha value is -1.10. The topological polar surface area (TPSA) is 52.6 Å². The van der Waals surface area contributed by atoms with Crippen LogP contribution in [0.5, 0.6) is 0 Å². The summed E-state index contributed by atoms with van der Waals surface area (Å²) in [6.45, 7) is 14.1. The SMILES string of the molecule is C=C(C)C(=O)OC(C)(C)C(=O)O[SiH2]C(C)(C)C. The van der Waals surface area contributed by atoms with E-state index >= 15 is 0 Å². The lowest BCUT2D eigenvalue weighted by Gasteiger charge is -2.25. The van der Waals surface area contributed by atoms with E-state index in [1.54, 1.807) is 0 Å². The van der Waals surface area contributed by atoms with Gasteiger partial charge >= 0.3 is 11.9 Å². The highest BCUT2D eigenvalue weighted by Gasteiger charge is 2.34. The molecular formula is C12H22O4Si. The molecular weight excluding hydrogens is 236 g/mol. The second-order valence-electron chi connectivity index (χ2n) is 5.82. The van der Waals surface area contributed by atoms with Crippen LogP contribution in [0.2, 0.25) is 5.04 Å². The first-order valence-corrected chi connectivity index (χ1v) is 6.80. The van der Waals surface area contributed by atoms with Crippen LogP contribution in [-0.4, -0.2) is 27.3 Å². The summed E-state index contributed by atoms with van der Waals surface area (Å²) in [5.41, 5.74) is -0.993. The standard InChI is InChI=1S/C12H22O4Si/c1-8(2)9(13)15-12(6,7)10(14)16-17-11(3,4)5/h1,17H2,2-7H3. The summed E-state index contributed by atoms with van der Waals surface area (Å²) in [6, 6.07) is 0. The molecule has 17 heavy (non-hydrogen) atoms. The van der Waals surface area contributed by atoms with Crippen LogP contribution >= 0.6 is 0 Å². The summed E-state index contributed by atoms with van der Waals surface area (Å²) in [6.07, 6.45) is 0. The molecule has 4 nitrogen and oxygen atoms in total. The minimum absolute atomic E-state index is 0.0180. The van der Waals surface area contributed by atoms with Crippen LogP contribution in [-0.2, 0) is 18.8 Å². The number of ether oxygens (including phenoxy) is 1. The Balaban J connectivity index is 4.45. The Morgan fingerprint density at radius 3 is 1.94 bits per heavy atom. The van der Waals surface area contributed by atoms with Crippen LogP contribution in [0.4, 0.5) is 0 Å². The molecule has 0 aliphatic rings. The van der Waals surface area contributed by atoms with Crippen molar-refractivity contribution in [2.75, 3.05) is 0 Å². The number of hydrogen-bond donors (Lipinski definition) is 0. The van der Waals surface area contributed by atoms with E-state index in [9.17, 15) is 9.59 Å². The molecule has 0 fully saturated rings. The van der Waals surface area contributed by atoms with Crippen molar-refractivity contribution in [3.05, 3.63) is 12.2 Å². The van der Waals surface area contributed by atoms with Crippen LogP contribution in [0.3, 0.4) is 0 Å². The van der Waals surface area contributed by atoms with E-state index in [0.717, 1.165) is 0 Å². The molecule has 0 heterocycles. The molecule has 98 valence electrons. The molecule has 0 radical (unpaired) electrons. The monoisotopic (exact) mass is 258 g/mol. The van der Waals surface area contributed by atoms with Crippen molar-refractivity contribution in [1.29, 1.82) is 0 Å². The third-order valence-electron chi connectivity index (χ3n) is 1.82. The van der Waals surface area contributed by atoms with Crippen molar-refractivity contribution in [3.8, 4) is 0 Å². The second-order valence-corrected chi connectivity index (χ2v) is 8.52. The molecule has 0 bridgehead atoms. The Morgan fingerprint density at radius 2 is 1.59 bits per heavy atom. The average molecular weight is 258 g/mol. The quantitative estimate of drug-likeness (QED) is 0.438. The fraction of sp³-hybridized carbons (Fsp3) is 0.667. The Kier molecular flexibility index (Phi) is 5.13. The second kappa shape index (κ2) is 5.49. The molecule has 0 atom stereocenters. The van der Waals surface area contributed by atoms with Crippen LogP contribution in [0.25, 0.3) is 0 Å². The molecule has 0 spiro atoms. The number of hydrogen-bond acceptors (Lipinski definition) is 4. The van der Waals surface area contributed by atoms with Crippen LogP contribution in [0, 0.1) is 0 Å². The number of rotatable bonds is 4. The molecule has 0 N–H and O–H groups in total. The van der Waals surface area contributed by atoms with Crippen molar-refractivity contribution in [2.24, 2.45) is 0 Å². The van der Waals surface area contributed by atoms with Crippen molar-refractivity contribution in [1.82, 2.24) is 0 Å². The first-order chi connectivity index (χ1) is 7.46. The number of carbonyl (C=O) groups excluding carboxylic acids is 2. The molecule has 0 aliphatic carbocycles. The molecule has 5 heteroatoms. The van der Waals surface area contributed by atoms with Gasteiger partial charge in [0.15, 0.2) is 0 Å². The van der Waals surface area contributed by atoms with E-state index in [1.807, 2.05) is 20.8 Å². The van der Waals surface area contributed by atoms with Crippen molar-refractivity contribution < 1.29 is 18.8 Å². The number of carbonyl (C=O) groups is 2. The lowest BCUT2D eigenvalue weighted by molar-refractivity contribution is -0.169. The van der Waals surface area contributed by atoms with Gasteiger partial charge in [0.2, 0.25) is 15.4 Å². The summed E-state index contributed by atoms with van der Waals surface area (Å²) in [4.78, 5) is 23.1. The summed E-state index contributed by atoms with van der Waals surface area (Å²) < 4.78 is 10.3. The van der Waals surface area contributed by atoms with Gasteiger partial charge in [-0.05, 0) is 25.8 Å². The van der Waals surface area contributed by atoms with Crippen molar-refractivity contribution >= 4 is 21.7 Å². The molecule has 0 saturated heterocycles. The maximum Gasteiger partial charge on any atom is 0.336 e. The lowest BCUT2D eigenvalue weighted by Crippen LogP contribution is -2.40. The summed E-state index contributed by atoms with van der Waals surface area (Å²) in [7, 11) is -0.994. The fourth-order valence-electron chi connectivity index (χ4n) is 0.816. The van der Waals surface area contributed by atoms with Gasteiger partial charge in [0.25, 0.3) is 0 Å². The Bertz CT molecular complexity index is 326. The summed E-state index contributed by atoms with van der Waals surface area (Å²) in [5.74, 6) is -1.07. The van der Waals surface area contributed by atoms with E-state index in [0.29, 0.717) is 0 Å². The zero-order chi connectivity index (χ0) is 13.9. The van der Waals surface area contributed by atoms with E-state index in [-0.39, 0.29) is 10.6 Å². The molecule has 0 aromatic carbocycles. The zero-order valence-electron chi connectivity index (χ0n) is 11.5. The Morgan fingerprint density at radius 1 is 1.12 bits per heavy atom. The molecule has 0 aliphatic heterocycles. The van der Waals surface area contributed by atoms with Gasteiger partial charge in [0.1, 0.15) is 0 Å². The van der Waals surface area contributed by atoms with Gasteiger partial charge in [0.05, 0.1) is 0 Å². The predicted octanol–water partition coefficient (Wildman–Crippen LogP) is 1.73. The first-order valence-electron chi connectivity index (χ1n) is 5.52. The zero-order valence-corrected chi connectivity index (χ0v) is 13.0. The van der Waals surface area contributed by atoms with E-state index in [2.05, 4.69) is 6.58 Å². The molecule has 0 amide bonds. The molecule has 0 saturated carbocycles. The average Bonchev–Trinajstić information content (AvgIpc) is 2.11. The predicted molar refractivity (Wildman–Crippen MR) is 69.3 cm³/mol.